The lowest BCUT2D eigenvalue weighted by Gasteiger charge is -2.02. The van der Waals surface area contributed by atoms with Gasteiger partial charge >= 0.3 is 0 Å². The minimum Gasteiger partial charge on any atom is -0.383 e. The quantitative estimate of drug-likeness (QED) is 0.681. The maximum atomic E-state index is 5.00. The molecule has 0 spiro atoms. The molecule has 2 heterocycles. The van der Waals surface area contributed by atoms with Gasteiger partial charge < -0.3 is 15.0 Å². The number of benzene rings is 1. The molecule has 21 heavy (non-hydrogen) atoms. The summed E-state index contributed by atoms with van der Waals surface area (Å²) >= 11 is 0. The number of hydrogen-bond acceptors (Lipinski definition) is 4. The Morgan fingerprint density at radius 1 is 1.19 bits per heavy atom. The van der Waals surface area contributed by atoms with Crippen molar-refractivity contribution in [3.8, 4) is 11.5 Å². The fourth-order valence-electron chi connectivity index (χ4n) is 2.17. The van der Waals surface area contributed by atoms with Gasteiger partial charge in [0, 0.05) is 31.3 Å². The van der Waals surface area contributed by atoms with Crippen molar-refractivity contribution < 1.29 is 4.74 Å². The van der Waals surface area contributed by atoms with Crippen LogP contribution in [0.5, 0.6) is 0 Å². The van der Waals surface area contributed by atoms with Gasteiger partial charge in [-0.25, -0.2) is 9.97 Å². The van der Waals surface area contributed by atoms with Crippen LogP contribution in [0.4, 0.5) is 0 Å². The van der Waals surface area contributed by atoms with Crippen molar-refractivity contribution in [1.29, 1.82) is 0 Å². The van der Waals surface area contributed by atoms with Gasteiger partial charge in [0.15, 0.2) is 5.82 Å². The predicted molar refractivity (Wildman–Crippen MR) is 82.9 cm³/mol. The van der Waals surface area contributed by atoms with Crippen LogP contribution in [0, 0.1) is 0 Å². The molecule has 0 aliphatic heterocycles. The fourth-order valence-corrected chi connectivity index (χ4v) is 2.17. The SMILES string of the molecule is COCCNCc1cnc(-c2ccc3ccccc3n2)[nH]1. The van der Waals surface area contributed by atoms with Crippen LogP contribution in [0.25, 0.3) is 22.4 Å². The van der Waals surface area contributed by atoms with Crippen molar-refractivity contribution in [3.63, 3.8) is 0 Å². The van der Waals surface area contributed by atoms with Gasteiger partial charge in [-0.15, -0.1) is 0 Å². The second kappa shape index (κ2) is 6.47. The molecule has 0 bridgehead atoms. The molecule has 0 aliphatic rings. The third-order valence-corrected chi connectivity index (χ3v) is 3.27. The highest BCUT2D eigenvalue weighted by Gasteiger charge is 2.05. The lowest BCUT2D eigenvalue weighted by atomic mass is 10.2. The molecule has 0 unspecified atom stereocenters. The van der Waals surface area contributed by atoms with Crippen LogP contribution in [0.3, 0.4) is 0 Å². The number of pyridine rings is 1. The zero-order valence-electron chi connectivity index (χ0n) is 12.0. The summed E-state index contributed by atoms with van der Waals surface area (Å²) in [7, 11) is 1.70. The Labute approximate surface area is 123 Å². The average molecular weight is 282 g/mol. The molecule has 0 saturated heterocycles. The van der Waals surface area contributed by atoms with E-state index in [0.717, 1.165) is 41.2 Å². The maximum Gasteiger partial charge on any atom is 0.156 e. The summed E-state index contributed by atoms with van der Waals surface area (Å²) in [4.78, 5) is 12.3. The molecule has 2 aromatic heterocycles. The van der Waals surface area contributed by atoms with E-state index in [1.165, 1.54) is 0 Å². The van der Waals surface area contributed by atoms with Gasteiger partial charge in [-0.1, -0.05) is 24.3 Å². The van der Waals surface area contributed by atoms with E-state index < -0.39 is 0 Å². The first-order valence-corrected chi connectivity index (χ1v) is 6.96. The summed E-state index contributed by atoms with van der Waals surface area (Å²) in [5, 5.41) is 4.41. The van der Waals surface area contributed by atoms with Gasteiger partial charge in [0.2, 0.25) is 0 Å². The number of H-pyrrole nitrogens is 1. The molecule has 0 radical (unpaired) electrons. The van der Waals surface area contributed by atoms with Crippen molar-refractivity contribution in [2.24, 2.45) is 0 Å². The topological polar surface area (TPSA) is 62.8 Å². The fraction of sp³-hybridized carbons (Fsp3) is 0.250. The molecule has 108 valence electrons. The Bertz CT molecular complexity index is 723. The van der Waals surface area contributed by atoms with E-state index in [-0.39, 0.29) is 0 Å². The standard InChI is InChI=1S/C16H18N4O/c1-21-9-8-17-10-13-11-18-16(19-13)15-7-6-12-4-2-3-5-14(12)20-15/h2-7,11,17H,8-10H2,1H3,(H,18,19). The number of aromatic amines is 1. The number of methoxy groups -OCH3 is 1. The Kier molecular flexibility index (Phi) is 4.23. The van der Waals surface area contributed by atoms with Crippen LogP contribution in [0.2, 0.25) is 0 Å². The first kappa shape index (κ1) is 13.7. The molecule has 3 rings (SSSR count). The monoisotopic (exact) mass is 282 g/mol. The van der Waals surface area contributed by atoms with E-state index in [2.05, 4.69) is 32.4 Å². The lowest BCUT2D eigenvalue weighted by Crippen LogP contribution is -2.18. The van der Waals surface area contributed by atoms with Crippen LogP contribution in [-0.2, 0) is 11.3 Å². The number of rotatable bonds is 6. The summed E-state index contributed by atoms with van der Waals surface area (Å²) < 4.78 is 5.00. The van der Waals surface area contributed by atoms with Gasteiger partial charge in [0.05, 0.1) is 18.3 Å². The van der Waals surface area contributed by atoms with E-state index in [1.54, 1.807) is 7.11 Å². The summed E-state index contributed by atoms with van der Waals surface area (Å²) in [5.74, 6) is 0.796. The summed E-state index contributed by atoms with van der Waals surface area (Å²) in [5.41, 5.74) is 2.87. The smallest absolute Gasteiger partial charge is 0.156 e. The predicted octanol–water partition coefficient (Wildman–Crippen LogP) is 2.36. The van der Waals surface area contributed by atoms with E-state index in [1.807, 2.05) is 30.5 Å². The number of nitrogens with one attached hydrogen (secondary N) is 2. The first-order valence-electron chi connectivity index (χ1n) is 6.96. The molecule has 1 aromatic carbocycles. The zero-order valence-corrected chi connectivity index (χ0v) is 12.0. The van der Waals surface area contributed by atoms with Gasteiger partial charge in [-0.2, -0.15) is 0 Å². The summed E-state index contributed by atoms with van der Waals surface area (Å²) in [6.45, 7) is 2.26. The largest absolute Gasteiger partial charge is 0.383 e. The van der Waals surface area contributed by atoms with E-state index >= 15 is 0 Å². The molecular weight excluding hydrogens is 264 g/mol. The number of ether oxygens (including phenoxy) is 1. The number of fused-ring (bicyclic) bond motifs is 1. The third-order valence-electron chi connectivity index (χ3n) is 3.27. The van der Waals surface area contributed by atoms with Crippen molar-refractivity contribution in [3.05, 3.63) is 48.3 Å². The van der Waals surface area contributed by atoms with E-state index in [9.17, 15) is 0 Å². The van der Waals surface area contributed by atoms with Gasteiger partial charge in [-0.05, 0) is 12.1 Å². The van der Waals surface area contributed by atoms with Crippen molar-refractivity contribution in [2.75, 3.05) is 20.3 Å². The Balaban J connectivity index is 1.75. The van der Waals surface area contributed by atoms with Gasteiger partial charge in [-0.3, -0.25) is 0 Å². The normalized spacial score (nSPS) is 11.1. The average Bonchev–Trinajstić information content (AvgIpc) is 3.00. The van der Waals surface area contributed by atoms with Crippen LogP contribution in [0.1, 0.15) is 5.69 Å². The zero-order chi connectivity index (χ0) is 14.5. The molecular formula is C16H18N4O. The molecule has 0 amide bonds. The molecule has 0 aliphatic carbocycles. The number of para-hydroxylation sites is 1. The highest BCUT2D eigenvalue weighted by atomic mass is 16.5. The molecule has 5 heteroatoms. The second-order valence-electron chi connectivity index (χ2n) is 4.82. The maximum absolute atomic E-state index is 5.00. The molecule has 0 fully saturated rings. The Morgan fingerprint density at radius 2 is 2.10 bits per heavy atom. The number of nitrogens with zero attached hydrogens (tertiary/aromatic N) is 2. The van der Waals surface area contributed by atoms with Crippen LogP contribution >= 0.6 is 0 Å². The minimum atomic E-state index is 0.702. The highest BCUT2D eigenvalue weighted by molar-refractivity contribution is 5.80. The van der Waals surface area contributed by atoms with Crippen molar-refractivity contribution >= 4 is 10.9 Å². The molecule has 3 aromatic rings. The second-order valence-corrected chi connectivity index (χ2v) is 4.82. The molecule has 2 N–H and O–H groups in total. The summed E-state index contributed by atoms with van der Waals surface area (Å²) in [6.07, 6.45) is 1.84. The Hall–Kier alpha value is -2.24. The lowest BCUT2D eigenvalue weighted by molar-refractivity contribution is 0.199. The van der Waals surface area contributed by atoms with E-state index in [0.29, 0.717) is 6.61 Å². The van der Waals surface area contributed by atoms with Crippen LogP contribution < -0.4 is 5.32 Å². The Morgan fingerprint density at radius 3 is 3.00 bits per heavy atom. The molecule has 0 atom stereocenters. The van der Waals surface area contributed by atoms with Gasteiger partial charge in [0.25, 0.3) is 0 Å². The summed E-state index contributed by atoms with van der Waals surface area (Å²) in [6, 6.07) is 12.1. The van der Waals surface area contributed by atoms with Crippen LogP contribution in [0.15, 0.2) is 42.6 Å². The number of hydrogen-bond donors (Lipinski definition) is 2. The third kappa shape index (κ3) is 3.26. The van der Waals surface area contributed by atoms with Crippen LogP contribution in [-0.4, -0.2) is 35.2 Å². The highest BCUT2D eigenvalue weighted by Crippen LogP contribution is 2.18. The molecule has 5 nitrogen and oxygen atoms in total. The van der Waals surface area contributed by atoms with Crippen molar-refractivity contribution in [1.82, 2.24) is 20.3 Å². The minimum absolute atomic E-state index is 0.702. The first-order chi connectivity index (χ1) is 10.4. The van der Waals surface area contributed by atoms with Gasteiger partial charge in [0.1, 0.15) is 5.69 Å². The number of imidazole rings is 1. The van der Waals surface area contributed by atoms with E-state index in [4.69, 9.17) is 4.74 Å². The number of aromatic nitrogens is 3. The van der Waals surface area contributed by atoms with Crippen molar-refractivity contribution in [2.45, 2.75) is 6.54 Å². The molecule has 0 saturated carbocycles.